The van der Waals surface area contributed by atoms with Gasteiger partial charge < -0.3 is 23.8 Å². The van der Waals surface area contributed by atoms with E-state index < -0.39 is 33.8 Å². The Balaban J connectivity index is 4.72. The van der Waals surface area contributed by atoms with Gasteiger partial charge in [0.2, 0.25) is 0 Å². The molecule has 0 aromatic heterocycles. The van der Waals surface area contributed by atoms with Crippen molar-refractivity contribution in [2.75, 3.05) is 13.1 Å². The van der Waals surface area contributed by atoms with Gasteiger partial charge in [0.15, 0.2) is 16.6 Å². The fourth-order valence-corrected chi connectivity index (χ4v) is 22.5. The lowest BCUT2D eigenvalue weighted by molar-refractivity contribution is 0.327. The van der Waals surface area contributed by atoms with Crippen molar-refractivity contribution < 1.29 is 12.3 Å². The lowest BCUT2D eigenvalue weighted by Gasteiger charge is -2.41. The lowest BCUT2D eigenvalue weighted by atomic mass is 10.5. The Bertz CT molecular complexity index is 321. The highest BCUT2D eigenvalue weighted by Crippen LogP contribution is 2.27. The van der Waals surface area contributed by atoms with Crippen molar-refractivity contribution in [3.05, 3.63) is 0 Å². The second-order valence-corrected chi connectivity index (χ2v) is 24.5. The van der Waals surface area contributed by atoms with Crippen LogP contribution in [0.5, 0.6) is 0 Å². The van der Waals surface area contributed by atoms with Gasteiger partial charge in [-0.1, -0.05) is 0 Å². The van der Waals surface area contributed by atoms with Crippen LogP contribution in [0, 0.1) is 0 Å². The summed E-state index contributed by atoms with van der Waals surface area (Å²) in [5, 5.41) is 0. The van der Waals surface area contributed by atoms with E-state index >= 15 is 0 Å². The molecule has 0 rings (SSSR count). The Morgan fingerprint density at radius 1 is 0.565 bits per heavy atom. The number of hydrogen-bond donors (Lipinski definition) is 2. The molecule has 0 atom stereocenters. The van der Waals surface area contributed by atoms with E-state index in [4.69, 9.17) is 23.8 Å². The molecule has 0 heterocycles. The first kappa shape index (κ1) is 23.7. The quantitative estimate of drug-likeness (QED) is 0.493. The van der Waals surface area contributed by atoms with Crippen LogP contribution in [0.3, 0.4) is 0 Å². The molecule has 5 nitrogen and oxygen atoms in total. The molecule has 0 aliphatic carbocycles. The standard InChI is InChI=1S/C14H40N2O3Si4/c1-20(2,13-9-11-15)17-22(5,6)19-23(7,8)18-21(3,4)14-10-12-16/h9-16H2,1-8H3. The van der Waals surface area contributed by atoms with E-state index in [0.717, 1.165) is 38.0 Å². The number of rotatable bonds is 12. The van der Waals surface area contributed by atoms with Crippen LogP contribution < -0.4 is 11.5 Å². The minimum Gasteiger partial charge on any atom is -0.436 e. The second kappa shape index (κ2) is 9.39. The van der Waals surface area contributed by atoms with Gasteiger partial charge in [-0.25, -0.2) is 0 Å². The molecule has 0 unspecified atom stereocenters. The topological polar surface area (TPSA) is 79.7 Å². The molecule has 0 bridgehead atoms. The first-order valence-electron chi connectivity index (χ1n) is 8.75. The summed E-state index contributed by atoms with van der Waals surface area (Å²) < 4.78 is 19.5. The van der Waals surface area contributed by atoms with Crippen LogP contribution in [-0.4, -0.2) is 46.8 Å². The van der Waals surface area contributed by atoms with E-state index in [1.54, 1.807) is 0 Å². The average molecular weight is 397 g/mol. The van der Waals surface area contributed by atoms with Gasteiger partial charge in [-0.2, -0.15) is 0 Å². The van der Waals surface area contributed by atoms with Crippen LogP contribution in [0.4, 0.5) is 0 Å². The molecule has 0 aromatic carbocycles. The average Bonchev–Trinajstić information content (AvgIpc) is 2.29. The summed E-state index contributed by atoms with van der Waals surface area (Å²) in [6, 6.07) is 2.17. The molecule has 0 saturated heterocycles. The maximum atomic E-state index is 6.51. The molecular formula is C14H40N2O3Si4. The first-order chi connectivity index (χ1) is 10.2. The van der Waals surface area contributed by atoms with E-state index in [-0.39, 0.29) is 0 Å². The van der Waals surface area contributed by atoms with Crippen molar-refractivity contribution in [1.82, 2.24) is 0 Å². The smallest absolute Gasteiger partial charge is 0.312 e. The van der Waals surface area contributed by atoms with E-state index in [2.05, 4.69) is 52.4 Å². The fraction of sp³-hybridized carbons (Fsp3) is 1.00. The van der Waals surface area contributed by atoms with Crippen molar-refractivity contribution in [3.8, 4) is 0 Å². The molecular weight excluding hydrogens is 357 g/mol. The van der Waals surface area contributed by atoms with Crippen molar-refractivity contribution >= 4 is 33.8 Å². The maximum Gasteiger partial charge on any atom is 0.312 e. The van der Waals surface area contributed by atoms with Crippen LogP contribution >= 0.6 is 0 Å². The number of nitrogens with two attached hydrogens (primary N) is 2. The Kier molecular flexibility index (Phi) is 9.66. The largest absolute Gasteiger partial charge is 0.436 e. The van der Waals surface area contributed by atoms with Gasteiger partial charge >= 0.3 is 17.1 Å². The Hall–Kier alpha value is 0.668. The highest BCUT2D eigenvalue weighted by Gasteiger charge is 2.43. The van der Waals surface area contributed by atoms with Crippen molar-refractivity contribution in [2.45, 2.75) is 77.3 Å². The molecule has 0 fully saturated rings. The lowest BCUT2D eigenvalue weighted by Crippen LogP contribution is -2.56. The number of hydrogen-bond acceptors (Lipinski definition) is 5. The summed E-state index contributed by atoms with van der Waals surface area (Å²) in [4.78, 5) is 0. The predicted octanol–water partition coefficient (Wildman–Crippen LogP) is 3.55. The zero-order chi connectivity index (χ0) is 18.4. The molecule has 0 amide bonds. The molecule has 0 aliphatic heterocycles. The molecule has 140 valence electrons. The molecule has 9 heteroatoms. The fourth-order valence-electron chi connectivity index (χ4n) is 3.12. The van der Waals surface area contributed by atoms with Crippen LogP contribution in [0.1, 0.15) is 12.8 Å². The van der Waals surface area contributed by atoms with Crippen LogP contribution in [0.2, 0.25) is 64.5 Å². The van der Waals surface area contributed by atoms with Gasteiger partial charge in [-0.05, 0) is 90.4 Å². The molecule has 0 saturated carbocycles. The third kappa shape index (κ3) is 11.8. The zero-order valence-corrected chi connectivity index (χ0v) is 20.6. The monoisotopic (exact) mass is 396 g/mol. The van der Waals surface area contributed by atoms with Crippen molar-refractivity contribution in [2.24, 2.45) is 11.5 Å². The van der Waals surface area contributed by atoms with Crippen molar-refractivity contribution in [3.63, 3.8) is 0 Å². The third-order valence-electron chi connectivity index (χ3n) is 3.50. The Morgan fingerprint density at radius 3 is 1.13 bits per heavy atom. The highest BCUT2D eigenvalue weighted by atomic mass is 28.5. The van der Waals surface area contributed by atoms with E-state index in [9.17, 15) is 0 Å². The van der Waals surface area contributed by atoms with E-state index in [0.29, 0.717) is 0 Å². The molecule has 23 heavy (non-hydrogen) atoms. The first-order valence-corrected chi connectivity index (χ1v) is 20.6. The van der Waals surface area contributed by atoms with Crippen LogP contribution in [0.25, 0.3) is 0 Å². The minimum atomic E-state index is -2.20. The highest BCUT2D eigenvalue weighted by molar-refractivity contribution is 6.89. The van der Waals surface area contributed by atoms with Gasteiger partial charge in [0.25, 0.3) is 0 Å². The summed E-state index contributed by atoms with van der Waals surface area (Å²) in [6.45, 7) is 19.1. The summed E-state index contributed by atoms with van der Waals surface area (Å²) in [6.07, 6.45) is 2.06. The molecule has 4 N–H and O–H groups in total. The van der Waals surface area contributed by atoms with Gasteiger partial charge in [0, 0.05) is 0 Å². The zero-order valence-electron chi connectivity index (χ0n) is 16.6. The Morgan fingerprint density at radius 2 is 0.870 bits per heavy atom. The van der Waals surface area contributed by atoms with E-state index in [1.807, 2.05) is 0 Å². The SMILES string of the molecule is C[Si](C)(CCCN)O[Si](C)(C)O[Si](C)(C)O[Si](C)(C)CCCN. The summed E-state index contributed by atoms with van der Waals surface area (Å²) in [5.74, 6) is 0. The molecule has 0 spiro atoms. The molecule has 0 aliphatic rings. The summed E-state index contributed by atoms with van der Waals surface area (Å²) in [7, 11) is -7.84. The van der Waals surface area contributed by atoms with Gasteiger partial charge in [-0.3, -0.25) is 0 Å². The van der Waals surface area contributed by atoms with Crippen molar-refractivity contribution in [1.29, 1.82) is 0 Å². The van der Waals surface area contributed by atoms with Gasteiger partial charge in [0.05, 0.1) is 0 Å². The molecule has 0 aromatic rings. The van der Waals surface area contributed by atoms with E-state index in [1.165, 1.54) is 0 Å². The van der Waals surface area contributed by atoms with Crippen LogP contribution in [0.15, 0.2) is 0 Å². The summed E-state index contributed by atoms with van der Waals surface area (Å²) in [5.41, 5.74) is 11.3. The third-order valence-corrected chi connectivity index (χ3v) is 18.9. The second-order valence-electron chi connectivity index (χ2n) is 8.41. The van der Waals surface area contributed by atoms with Crippen LogP contribution in [-0.2, 0) is 12.3 Å². The Labute approximate surface area is 148 Å². The van der Waals surface area contributed by atoms with Gasteiger partial charge in [-0.15, -0.1) is 0 Å². The summed E-state index contributed by atoms with van der Waals surface area (Å²) >= 11 is 0. The van der Waals surface area contributed by atoms with Gasteiger partial charge in [0.1, 0.15) is 0 Å². The maximum absolute atomic E-state index is 6.51. The normalized spacial score (nSPS) is 14.3. The molecule has 0 radical (unpaired) electrons. The minimum absolute atomic E-state index is 0.729. The predicted molar refractivity (Wildman–Crippen MR) is 110 cm³/mol.